The summed E-state index contributed by atoms with van der Waals surface area (Å²) >= 11 is 0. The summed E-state index contributed by atoms with van der Waals surface area (Å²) in [5.74, 6) is 0. The van der Waals surface area contributed by atoms with Crippen molar-refractivity contribution in [1.82, 2.24) is 0 Å². The maximum atomic E-state index is 2.94. The van der Waals surface area contributed by atoms with Crippen LogP contribution in [0.15, 0.2) is 133 Å². The van der Waals surface area contributed by atoms with Crippen molar-refractivity contribution in [3.8, 4) is 11.1 Å². The number of hydrogen-bond donors (Lipinski definition) is 0. The molecule has 2 aliphatic carbocycles. The molecule has 4 heterocycles. The van der Waals surface area contributed by atoms with E-state index in [2.05, 4.69) is 259 Å². The largest absolute Gasteiger partial charge is 0.334 e. The molecule has 0 aromatic heterocycles. The number of benzene rings is 7. The van der Waals surface area contributed by atoms with Gasteiger partial charge < -0.3 is 14.7 Å². The lowest BCUT2D eigenvalue weighted by atomic mass is 9.33. The molecule has 0 N–H and O–H groups in total. The number of aryl methyl sites for hydroxylation is 1. The minimum Gasteiger partial charge on any atom is -0.334 e. The summed E-state index contributed by atoms with van der Waals surface area (Å²) in [6.07, 6.45) is 6.97. The van der Waals surface area contributed by atoms with Crippen LogP contribution in [0.1, 0.15) is 187 Å². The highest BCUT2D eigenvalue weighted by Gasteiger charge is 2.64. The molecule has 0 saturated heterocycles. The third-order valence-corrected chi connectivity index (χ3v) is 20.8. The topological polar surface area (TPSA) is 9.72 Å². The Morgan fingerprint density at radius 3 is 1.72 bits per heavy atom. The van der Waals surface area contributed by atoms with Crippen molar-refractivity contribution in [2.24, 2.45) is 0 Å². The Hall–Kier alpha value is -6.00. The van der Waals surface area contributed by atoms with Crippen molar-refractivity contribution in [2.75, 3.05) is 14.7 Å². The molecule has 6 aliphatic rings. The monoisotopic (exact) mass is 1000 g/mol. The molecule has 4 unspecified atom stereocenters. The molecule has 7 aromatic carbocycles. The molecule has 0 bridgehead atoms. The van der Waals surface area contributed by atoms with Gasteiger partial charge in [0, 0.05) is 50.5 Å². The summed E-state index contributed by atoms with van der Waals surface area (Å²) in [6.45, 7) is 39.2. The predicted octanol–water partition coefficient (Wildman–Crippen LogP) is 17.2. The first-order chi connectivity index (χ1) is 35.7. The number of nitrogens with zero attached hydrogens (tertiary/aromatic N) is 3. The van der Waals surface area contributed by atoms with E-state index in [4.69, 9.17) is 0 Å². The van der Waals surface area contributed by atoms with Gasteiger partial charge in [0.2, 0.25) is 0 Å². The predicted molar refractivity (Wildman–Crippen MR) is 327 cm³/mol. The van der Waals surface area contributed by atoms with E-state index in [0.29, 0.717) is 0 Å². The SMILES string of the molecule is CC(C)(C)c1ccc(N2c3cc(C(C)(C)C)ccc3B3c4cc(C(C)(C)C)cc5c4N(c4cc(N6c7ccc(C(C)(C)C)cc7C7(C)CCCCC67C)cc2c43)C2(C)c3ccccc3CCC52C)c(-c2ccccc2)c1. The molecule has 1 saturated carbocycles. The molecule has 0 amide bonds. The van der Waals surface area contributed by atoms with Crippen LogP contribution in [0.2, 0.25) is 0 Å². The Balaban J connectivity index is 1.21. The Kier molecular flexibility index (Phi) is 10.3. The third kappa shape index (κ3) is 6.60. The molecule has 4 aliphatic heterocycles. The van der Waals surface area contributed by atoms with Crippen LogP contribution in [-0.2, 0) is 44.4 Å². The lowest BCUT2D eigenvalue weighted by Gasteiger charge is -2.54. The highest BCUT2D eigenvalue weighted by atomic mass is 15.3. The van der Waals surface area contributed by atoms with Crippen LogP contribution in [-0.4, -0.2) is 12.3 Å². The summed E-state index contributed by atoms with van der Waals surface area (Å²) in [7, 11) is 0. The van der Waals surface area contributed by atoms with E-state index < -0.39 is 0 Å². The first-order valence-corrected chi connectivity index (χ1v) is 29.1. The van der Waals surface area contributed by atoms with Gasteiger partial charge in [-0.05, 0) is 164 Å². The molecule has 7 aromatic rings. The molecule has 0 spiro atoms. The minimum absolute atomic E-state index is 0.0129. The van der Waals surface area contributed by atoms with Crippen molar-refractivity contribution in [2.45, 2.75) is 193 Å². The summed E-state index contributed by atoms with van der Waals surface area (Å²) in [5.41, 5.74) is 26.8. The van der Waals surface area contributed by atoms with Gasteiger partial charge in [0.25, 0.3) is 6.71 Å². The van der Waals surface area contributed by atoms with Crippen LogP contribution in [0, 0.1) is 0 Å². The Morgan fingerprint density at radius 1 is 0.434 bits per heavy atom. The third-order valence-electron chi connectivity index (χ3n) is 20.8. The zero-order valence-corrected chi connectivity index (χ0v) is 48.9. The fourth-order valence-electron chi connectivity index (χ4n) is 15.8. The normalized spacial score (nSPS) is 24.1. The van der Waals surface area contributed by atoms with E-state index in [9.17, 15) is 0 Å². The molecule has 1 fully saturated rings. The van der Waals surface area contributed by atoms with Gasteiger partial charge in [0.1, 0.15) is 0 Å². The van der Waals surface area contributed by atoms with Crippen LogP contribution in [0.3, 0.4) is 0 Å². The van der Waals surface area contributed by atoms with Crippen LogP contribution >= 0.6 is 0 Å². The van der Waals surface area contributed by atoms with Gasteiger partial charge >= 0.3 is 0 Å². The number of hydrogen-bond acceptors (Lipinski definition) is 3. The van der Waals surface area contributed by atoms with Crippen LogP contribution < -0.4 is 31.1 Å². The van der Waals surface area contributed by atoms with Crippen LogP contribution in [0.25, 0.3) is 11.1 Å². The minimum atomic E-state index is -0.370. The maximum Gasteiger partial charge on any atom is 0.252 e. The Bertz CT molecular complexity index is 3580. The van der Waals surface area contributed by atoms with E-state index >= 15 is 0 Å². The summed E-state index contributed by atoms with van der Waals surface area (Å²) in [6, 6.07) is 54.1. The molecule has 4 heteroatoms. The fraction of sp³-hybridized carbons (Fsp3) is 0.417. The fourth-order valence-corrected chi connectivity index (χ4v) is 15.8. The average molecular weight is 1000 g/mol. The summed E-state index contributed by atoms with van der Waals surface area (Å²) in [5, 5.41) is 0. The smallest absolute Gasteiger partial charge is 0.252 e. The van der Waals surface area contributed by atoms with Crippen molar-refractivity contribution < 1.29 is 0 Å². The van der Waals surface area contributed by atoms with Crippen molar-refractivity contribution >= 4 is 62.9 Å². The lowest BCUT2D eigenvalue weighted by molar-refractivity contribution is 0.195. The Morgan fingerprint density at radius 2 is 1.03 bits per heavy atom. The number of rotatable bonds is 3. The first kappa shape index (κ1) is 49.6. The second-order valence-corrected chi connectivity index (χ2v) is 29.3. The highest BCUT2D eigenvalue weighted by molar-refractivity contribution is 7.00. The lowest BCUT2D eigenvalue weighted by Crippen LogP contribution is -2.64. The zero-order valence-electron chi connectivity index (χ0n) is 48.9. The van der Waals surface area contributed by atoms with Crippen molar-refractivity contribution in [3.05, 3.63) is 178 Å². The molecule has 13 rings (SSSR count). The van der Waals surface area contributed by atoms with Gasteiger partial charge in [-0.25, -0.2) is 0 Å². The average Bonchev–Trinajstić information content (AvgIpc) is 3.75. The number of anilines is 7. The van der Waals surface area contributed by atoms with Crippen molar-refractivity contribution in [1.29, 1.82) is 0 Å². The van der Waals surface area contributed by atoms with Crippen LogP contribution in [0.4, 0.5) is 39.8 Å². The maximum absolute atomic E-state index is 2.94. The molecular weight excluding hydrogens is 918 g/mol. The van der Waals surface area contributed by atoms with Gasteiger partial charge in [-0.2, -0.15) is 0 Å². The van der Waals surface area contributed by atoms with E-state index in [-0.39, 0.29) is 50.3 Å². The molecule has 388 valence electrons. The Labute approximate surface area is 457 Å². The second kappa shape index (κ2) is 15.8. The molecule has 0 radical (unpaired) electrons. The summed E-state index contributed by atoms with van der Waals surface area (Å²) in [4.78, 5) is 8.58. The van der Waals surface area contributed by atoms with E-state index in [1.165, 1.54) is 131 Å². The highest BCUT2D eigenvalue weighted by Crippen LogP contribution is 2.67. The quantitative estimate of drug-likeness (QED) is 0.163. The van der Waals surface area contributed by atoms with Gasteiger partial charge in [-0.3, -0.25) is 0 Å². The first-order valence-electron chi connectivity index (χ1n) is 29.1. The molecule has 3 nitrogen and oxygen atoms in total. The van der Waals surface area contributed by atoms with Gasteiger partial charge in [0.05, 0.1) is 16.8 Å². The van der Waals surface area contributed by atoms with Gasteiger partial charge in [-0.15, -0.1) is 0 Å². The number of fused-ring (bicyclic) bond motifs is 12. The van der Waals surface area contributed by atoms with E-state index in [1.807, 2.05) is 0 Å². The second-order valence-electron chi connectivity index (χ2n) is 29.3. The zero-order chi connectivity index (χ0) is 53.7. The van der Waals surface area contributed by atoms with Crippen molar-refractivity contribution in [3.63, 3.8) is 0 Å². The summed E-state index contributed by atoms with van der Waals surface area (Å²) < 4.78 is 0. The molecular formula is C72H82BN3. The van der Waals surface area contributed by atoms with Crippen LogP contribution in [0.5, 0.6) is 0 Å². The van der Waals surface area contributed by atoms with Gasteiger partial charge in [-0.1, -0.05) is 207 Å². The van der Waals surface area contributed by atoms with Gasteiger partial charge in [0.15, 0.2) is 0 Å². The molecule has 4 atom stereocenters. The molecule has 76 heavy (non-hydrogen) atoms. The standard InChI is InChI=1S/C72H82BN3/c1-65(2,3)47-29-32-58(52(38-47)45-24-18-17-19-25-45)74-60-42-49(67(7,8)9)28-31-56(60)73-57-41-50(68(10,11)12)40-55-64(57)76(72(16)53-27-21-20-26-46(53)34-37-70(55,72)14)62-44-51(43-61(74)63(62)73)75-59-33-30-48(66(4,5)6)39-54(59)69(13)35-22-23-36-71(69,75)15/h17-21,24-33,38-44H,22-23,34-37H2,1-16H3. The van der Waals surface area contributed by atoms with E-state index in [1.54, 1.807) is 0 Å². The van der Waals surface area contributed by atoms with E-state index in [0.717, 1.165) is 19.3 Å².